The Morgan fingerprint density at radius 1 is 1.21 bits per heavy atom. The number of anilines is 1. The highest BCUT2D eigenvalue weighted by Crippen LogP contribution is 2.30. The van der Waals surface area contributed by atoms with Crippen molar-refractivity contribution in [1.29, 1.82) is 0 Å². The number of fused-ring (bicyclic) bond motifs is 1. The molecule has 29 heavy (non-hydrogen) atoms. The number of carbonyl (C=O) groups is 3. The van der Waals surface area contributed by atoms with Crippen molar-refractivity contribution >= 4 is 34.9 Å². The molecule has 9 nitrogen and oxygen atoms in total. The van der Waals surface area contributed by atoms with Gasteiger partial charge >= 0.3 is 5.97 Å². The van der Waals surface area contributed by atoms with Gasteiger partial charge in [-0.15, -0.1) is 0 Å². The summed E-state index contributed by atoms with van der Waals surface area (Å²) in [6.07, 6.45) is 0. The number of carbonyl (C=O) groups excluding carboxylic acids is 3. The van der Waals surface area contributed by atoms with Crippen LogP contribution in [-0.4, -0.2) is 40.8 Å². The van der Waals surface area contributed by atoms with Crippen LogP contribution < -0.4 is 5.32 Å². The highest BCUT2D eigenvalue weighted by Gasteiger charge is 2.32. The Kier molecular flexibility index (Phi) is 5.35. The minimum absolute atomic E-state index is 0.339. The van der Waals surface area contributed by atoms with Gasteiger partial charge in [-0.1, -0.05) is 24.8 Å². The van der Waals surface area contributed by atoms with Crippen LogP contribution in [0.25, 0.3) is 5.70 Å². The fourth-order valence-corrected chi connectivity index (χ4v) is 2.73. The predicted molar refractivity (Wildman–Crippen MR) is 99.2 cm³/mol. The fourth-order valence-electron chi connectivity index (χ4n) is 2.73. The number of ether oxygens (including phenoxy) is 1. The third-order valence-corrected chi connectivity index (χ3v) is 4.13. The number of nitrogens with zero attached hydrogens (tertiary/aromatic N) is 2. The van der Waals surface area contributed by atoms with Gasteiger partial charge in [0.2, 0.25) is 0 Å². The molecule has 0 saturated heterocycles. The molecule has 3 rings (SSSR count). The highest BCUT2D eigenvalue weighted by molar-refractivity contribution is 6.10. The van der Waals surface area contributed by atoms with Crippen molar-refractivity contribution in [3.63, 3.8) is 0 Å². The Bertz CT molecular complexity index is 1020. The number of esters is 1. The summed E-state index contributed by atoms with van der Waals surface area (Å²) in [6.45, 7) is 2.57. The van der Waals surface area contributed by atoms with Gasteiger partial charge in [0.15, 0.2) is 6.61 Å². The standard InChI is InChI=1S/C19H14FN3O6/c1-11-13-4-2-3-5-14(13)19(26)22(11)9-18(25)29-10-17(24)21-16-8-12(23(27)28)6-7-15(16)20/h2-8H,1,9-10H2,(H,21,24). The van der Waals surface area contributed by atoms with E-state index in [-0.39, 0.29) is 0 Å². The molecule has 0 radical (unpaired) electrons. The molecule has 0 saturated carbocycles. The number of nitro benzene ring substituents is 1. The van der Waals surface area contributed by atoms with Crippen molar-refractivity contribution < 1.29 is 28.4 Å². The first-order valence-electron chi connectivity index (χ1n) is 8.27. The normalized spacial score (nSPS) is 12.5. The molecule has 0 aliphatic carbocycles. The third-order valence-electron chi connectivity index (χ3n) is 4.13. The van der Waals surface area contributed by atoms with Crippen molar-refractivity contribution in [3.8, 4) is 0 Å². The van der Waals surface area contributed by atoms with Gasteiger partial charge in [0.1, 0.15) is 12.4 Å². The van der Waals surface area contributed by atoms with Crippen LogP contribution >= 0.6 is 0 Å². The Balaban J connectivity index is 1.56. The van der Waals surface area contributed by atoms with E-state index in [2.05, 4.69) is 11.9 Å². The Hall–Kier alpha value is -4.08. The Morgan fingerprint density at radius 3 is 2.55 bits per heavy atom. The smallest absolute Gasteiger partial charge is 0.326 e. The van der Waals surface area contributed by atoms with E-state index in [4.69, 9.17) is 4.74 Å². The van der Waals surface area contributed by atoms with Gasteiger partial charge in [-0.05, 0) is 12.1 Å². The van der Waals surface area contributed by atoms with Crippen molar-refractivity contribution in [2.45, 2.75) is 0 Å². The molecule has 2 aromatic rings. The molecular weight excluding hydrogens is 385 g/mol. The summed E-state index contributed by atoms with van der Waals surface area (Å²) < 4.78 is 18.5. The van der Waals surface area contributed by atoms with Crippen LogP contribution in [0.4, 0.5) is 15.8 Å². The zero-order valence-electron chi connectivity index (χ0n) is 14.9. The van der Waals surface area contributed by atoms with E-state index >= 15 is 0 Å². The summed E-state index contributed by atoms with van der Waals surface area (Å²) in [5, 5.41) is 12.8. The average Bonchev–Trinajstić information content (AvgIpc) is 2.93. The highest BCUT2D eigenvalue weighted by atomic mass is 19.1. The van der Waals surface area contributed by atoms with E-state index in [1.807, 2.05) is 0 Å². The third kappa shape index (κ3) is 4.10. The SMILES string of the molecule is C=C1c2ccccc2C(=O)N1CC(=O)OCC(=O)Nc1cc([N+](=O)[O-])ccc1F. The van der Waals surface area contributed by atoms with Crippen LogP contribution in [0.15, 0.2) is 49.0 Å². The molecule has 0 aromatic heterocycles. The topological polar surface area (TPSA) is 119 Å². The number of nitro groups is 1. The van der Waals surface area contributed by atoms with Crippen LogP contribution in [0.3, 0.4) is 0 Å². The number of halogens is 1. The number of benzene rings is 2. The lowest BCUT2D eigenvalue weighted by Gasteiger charge is -2.16. The van der Waals surface area contributed by atoms with E-state index < -0.39 is 53.1 Å². The summed E-state index contributed by atoms with van der Waals surface area (Å²) >= 11 is 0. The largest absolute Gasteiger partial charge is 0.454 e. The molecule has 1 aliphatic heterocycles. The van der Waals surface area contributed by atoms with Crippen LogP contribution in [-0.2, 0) is 14.3 Å². The first-order valence-corrected chi connectivity index (χ1v) is 8.27. The predicted octanol–water partition coefficient (Wildman–Crippen LogP) is 2.34. The van der Waals surface area contributed by atoms with E-state index in [0.717, 1.165) is 23.1 Å². The molecule has 1 aliphatic rings. The lowest BCUT2D eigenvalue weighted by atomic mass is 10.1. The quantitative estimate of drug-likeness (QED) is 0.452. The Labute approximate surface area is 163 Å². The number of non-ortho nitro benzene ring substituents is 1. The maximum Gasteiger partial charge on any atom is 0.326 e. The monoisotopic (exact) mass is 399 g/mol. The molecule has 0 atom stereocenters. The second-order valence-corrected chi connectivity index (χ2v) is 6.01. The number of rotatable bonds is 6. The van der Waals surface area contributed by atoms with Gasteiger partial charge < -0.3 is 10.1 Å². The number of hydrogen-bond donors (Lipinski definition) is 1. The Morgan fingerprint density at radius 2 is 1.90 bits per heavy atom. The molecule has 10 heteroatoms. The van der Waals surface area contributed by atoms with Crippen molar-refractivity contribution in [3.05, 3.63) is 76.1 Å². The lowest BCUT2D eigenvalue weighted by Crippen LogP contribution is -2.32. The number of nitrogens with one attached hydrogen (secondary N) is 1. The van der Waals surface area contributed by atoms with Gasteiger partial charge in [0.05, 0.1) is 10.6 Å². The van der Waals surface area contributed by atoms with Gasteiger partial charge in [-0.25, -0.2) is 4.39 Å². The second kappa shape index (κ2) is 7.89. The van der Waals surface area contributed by atoms with Crippen LogP contribution in [0, 0.1) is 15.9 Å². The average molecular weight is 399 g/mol. The van der Waals surface area contributed by atoms with Gasteiger partial charge in [-0.2, -0.15) is 0 Å². The number of hydrogen-bond acceptors (Lipinski definition) is 6. The first-order chi connectivity index (χ1) is 13.8. The van der Waals surface area contributed by atoms with E-state index in [9.17, 15) is 28.9 Å². The summed E-state index contributed by atoms with van der Waals surface area (Å²) in [6, 6.07) is 9.35. The summed E-state index contributed by atoms with van der Waals surface area (Å²) in [4.78, 5) is 47.3. The van der Waals surface area contributed by atoms with Crippen molar-refractivity contribution in [2.24, 2.45) is 0 Å². The molecule has 2 aromatic carbocycles. The molecule has 0 fully saturated rings. The summed E-state index contributed by atoms with van der Waals surface area (Å²) in [5.41, 5.74) is 0.516. The van der Waals surface area contributed by atoms with Crippen LogP contribution in [0.5, 0.6) is 0 Å². The summed E-state index contributed by atoms with van der Waals surface area (Å²) in [5.74, 6) is -3.06. The molecular formula is C19H14FN3O6. The summed E-state index contributed by atoms with van der Waals surface area (Å²) in [7, 11) is 0. The molecule has 2 amide bonds. The fraction of sp³-hybridized carbons (Fsp3) is 0.105. The molecule has 1 N–H and O–H groups in total. The molecule has 0 bridgehead atoms. The first kappa shape index (κ1) is 19.7. The van der Waals surface area contributed by atoms with E-state index in [1.54, 1.807) is 24.3 Å². The molecule has 0 unspecified atom stereocenters. The van der Waals surface area contributed by atoms with Crippen LogP contribution in [0.1, 0.15) is 15.9 Å². The lowest BCUT2D eigenvalue weighted by molar-refractivity contribution is -0.384. The zero-order chi connectivity index (χ0) is 21.1. The molecule has 1 heterocycles. The maximum atomic E-state index is 13.7. The zero-order valence-corrected chi connectivity index (χ0v) is 14.9. The van der Waals surface area contributed by atoms with Crippen molar-refractivity contribution in [2.75, 3.05) is 18.5 Å². The molecule has 148 valence electrons. The van der Waals surface area contributed by atoms with Gasteiger partial charge in [-0.3, -0.25) is 29.4 Å². The van der Waals surface area contributed by atoms with E-state index in [0.29, 0.717) is 16.8 Å². The molecule has 0 spiro atoms. The number of amides is 2. The second-order valence-electron chi connectivity index (χ2n) is 6.01. The maximum absolute atomic E-state index is 13.7. The minimum atomic E-state index is -0.896. The van der Waals surface area contributed by atoms with Crippen molar-refractivity contribution in [1.82, 2.24) is 4.90 Å². The van der Waals surface area contributed by atoms with Gasteiger partial charge in [0, 0.05) is 29.0 Å². The van der Waals surface area contributed by atoms with Crippen LogP contribution in [0.2, 0.25) is 0 Å². The minimum Gasteiger partial charge on any atom is -0.454 e. The van der Waals surface area contributed by atoms with Gasteiger partial charge in [0.25, 0.3) is 17.5 Å². The van der Waals surface area contributed by atoms with E-state index in [1.165, 1.54) is 0 Å².